The molecule has 0 unspecified atom stereocenters. The van der Waals surface area contributed by atoms with Crippen molar-refractivity contribution >= 4 is 29.4 Å². The second-order valence-electron chi connectivity index (χ2n) is 7.99. The summed E-state index contributed by atoms with van der Waals surface area (Å²) in [6.45, 7) is -0.897. The fourth-order valence-corrected chi connectivity index (χ4v) is 5.21. The first-order valence-corrected chi connectivity index (χ1v) is 9.58. The van der Waals surface area contributed by atoms with E-state index in [1.807, 2.05) is 6.07 Å². The number of hydrogen-bond acceptors (Lipinski definition) is 5. The van der Waals surface area contributed by atoms with Crippen LogP contribution in [0.3, 0.4) is 0 Å². The van der Waals surface area contributed by atoms with Gasteiger partial charge in [-0.1, -0.05) is 30.4 Å². The van der Waals surface area contributed by atoms with Gasteiger partial charge in [0.25, 0.3) is 5.91 Å². The van der Waals surface area contributed by atoms with Gasteiger partial charge in [-0.15, -0.1) is 0 Å². The van der Waals surface area contributed by atoms with Crippen molar-refractivity contribution in [2.24, 2.45) is 35.5 Å². The molecule has 5 aliphatic rings. The number of nitrogens with zero attached hydrogens (tertiary/aromatic N) is 1. The maximum absolute atomic E-state index is 12.8. The number of allylic oxidation sites excluding steroid dienone is 2. The molecular weight excluding hydrogens is 360 g/mol. The quantitative estimate of drug-likeness (QED) is 0.471. The van der Waals surface area contributed by atoms with Gasteiger partial charge in [0.15, 0.2) is 6.61 Å². The van der Waals surface area contributed by atoms with E-state index in [-0.39, 0.29) is 35.5 Å². The number of nitrogens with one attached hydrogen (secondary N) is 1. The molecule has 0 spiro atoms. The highest BCUT2D eigenvalue weighted by atomic mass is 16.5. The summed E-state index contributed by atoms with van der Waals surface area (Å²) in [5.74, 6) is -1.17. The van der Waals surface area contributed by atoms with Gasteiger partial charge in [0.05, 0.1) is 11.8 Å². The van der Waals surface area contributed by atoms with E-state index in [2.05, 4.69) is 17.5 Å². The molecule has 3 amide bonds. The minimum absolute atomic E-state index is 0.120. The van der Waals surface area contributed by atoms with Gasteiger partial charge in [-0.05, 0) is 42.2 Å². The first-order valence-electron chi connectivity index (χ1n) is 9.58. The van der Waals surface area contributed by atoms with E-state index in [9.17, 15) is 19.2 Å². The third kappa shape index (κ3) is 2.65. The standard InChI is InChI=1S/C21H20N2O5/c24-16(22-11-4-2-1-3-5-11)10-28-17(25)9-23-20(26)18-12-6-7-13(15-8-14(12)15)19(18)21(23)27/h1-7,12-15,18-19H,8-10H2,(H,22,24)/t12-,13-,14-,15+,18+,19-/m1/s1. The molecule has 1 aliphatic heterocycles. The van der Waals surface area contributed by atoms with Gasteiger partial charge in [0.2, 0.25) is 11.8 Å². The molecule has 7 nitrogen and oxygen atoms in total. The summed E-state index contributed by atoms with van der Waals surface area (Å²) in [5.41, 5.74) is 0.596. The van der Waals surface area contributed by atoms with Crippen LogP contribution in [0.1, 0.15) is 6.42 Å². The zero-order chi connectivity index (χ0) is 19.4. The number of rotatable bonds is 5. The Morgan fingerprint density at radius 3 is 2.21 bits per heavy atom. The fraction of sp³-hybridized carbons (Fsp3) is 0.429. The van der Waals surface area contributed by atoms with Crippen LogP contribution in [-0.2, 0) is 23.9 Å². The molecule has 1 aromatic carbocycles. The molecule has 1 heterocycles. The number of likely N-dealkylation sites (tertiary alicyclic amines) is 1. The van der Waals surface area contributed by atoms with E-state index >= 15 is 0 Å². The molecule has 4 aliphatic carbocycles. The number of amides is 3. The molecule has 0 radical (unpaired) electrons. The van der Waals surface area contributed by atoms with Gasteiger partial charge in [-0.25, -0.2) is 0 Å². The zero-order valence-corrected chi connectivity index (χ0v) is 15.1. The topological polar surface area (TPSA) is 92.8 Å². The van der Waals surface area contributed by atoms with Gasteiger partial charge < -0.3 is 10.1 Å². The summed E-state index contributed by atoms with van der Waals surface area (Å²) in [4.78, 5) is 50.7. The molecule has 3 fully saturated rings. The maximum Gasteiger partial charge on any atom is 0.326 e. The van der Waals surface area contributed by atoms with Crippen molar-refractivity contribution in [1.82, 2.24) is 4.90 Å². The van der Waals surface area contributed by atoms with Crippen molar-refractivity contribution in [3.63, 3.8) is 0 Å². The first kappa shape index (κ1) is 17.2. The molecular formula is C21H20N2O5. The Bertz CT molecular complexity index is 859. The summed E-state index contributed by atoms with van der Waals surface area (Å²) in [7, 11) is 0. The van der Waals surface area contributed by atoms with Gasteiger partial charge in [-0.2, -0.15) is 0 Å². The molecule has 6 atom stereocenters. The van der Waals surface area contributed by atoms with Crippen LogP contribution in [0.5, 0.6) is 0 Å². The lowest BCUT2D eigenvalue weighted by molar-refractivity contribution is -0.154. The number of carbonyl (C=O) groups excluding carboxylic acids is 4. The third-order valence-electron chi connectivity index (χ3n) is 6.46. The number of ether oxygens (including phenoxy) is 1. The van der Waals surface area contributed by atoms with Crippen LogP contribution >= 0.6 is 0 Å². The summed E-state index contributed by atoms with van der Waals surface area (Å²) in [6.07, 6.45) is 5.26. The van der Waals surface area contributed by atoms with E-state index in [4.69, 9.17) is 4.74 Å². The van der Waals surface area contributed by atoms with Crippen LogP contribution < -0.4 is 5.32 Å². The predicted octanol–water partition coefficient (Wildman–Crippen LogP) is 1.22. The molecule has 7 heteroatoms. The largest absolute Gasteiger partial charge is 0.454 e. The Morgan fingerprint density at radius 2 is 1.61 bits per heavy atom. The zero-order valence-electron chi connectivity index (χ0n) is 15.1. The minimum Gasteiger partial charge on any atom is -0.454 e. The average molecular weight is 380 g/mol. The van der Waals surface area contributed by atoms with Crippen molar-refractivity contribution in [1.29, 1.82) is 0 Å². The number of para-hydroxylation sites is 1. The molecule has 28 heavy (non-hydrogen) atoms. The Balaban J connectivity index is 1.18. The molecule has 1 saturated heterocycles. The predicted molar refractivity (Wildman–Crippen MR) is 97.4 cm³/mol. The summed E-state index contributed by atoms with van der Waals surface area (Å²) >= 11 is 0. The Labute approximate surface area is 161 Å². The van der Waals surface area contributed by atoms with Crippen molar-refractivity contribution in [2.75, 3.05) is 18.5 Å². The lowest BCUT2D eigenvalue weighted by Gasteiger charge is -2.37. The van der Waals surface area contributed by atoms with Crippen LogP contribution in [0.25, 0.3) is 0 Å². The van der Waals surface area contributed by atoms with Gasteiger partial charge in [0, 0.05) is 5.69 Å². The number of hydrogen-bond donors (Lipinski definition) is 1. The van der Waals surface area contributed by atoms with Crippen molar-refractivity contribution in [3.05, 3.63) is 42.5 Å². The monoisotopic (exact) mass is 380 g/mol. The van der Waals surface area contributed by atoms with Crippen LogP contribution in [0.4, 0.5) is 5.69 Å². The van der Waals surface area contributed by atoms with Crippen LogP contribution in [0.15, 0.2) is 42.5 Å². The second kappa shape index (κ2) is 6.29. The molecule has 2 bridgehead atoms. The highest BCUT2D eigenvalue weighted by molar-refractivity contribution is 6.08. The van der Waals surface area contributed by atoms with Crippen LogP contribution in [0, 0.1) is 35.5 Å². The van der Waals surface area contributed by atoms with E-state index in [0.717, 1.165) is 11.3 Å². The van der Waals surface area contributed by atoms with Crippen LogP contribution in [-0.4, -0.2) is 41.7 Å². The van der Waals surface area contributed by atoms with E-state index < -0.39 is 25.0 Å². The molecule has 144 valence electrons. The molecule has 2 saturated carbocycles. The number of imide groups is 1. The van der Waals surface area contributed by atoms with Gasteiger partial charge in [0.1, 0.15) is 6.54 Å². The van der Waals surface area contributed by atoms with Crippen molar-refractivity contribution in [2.45, 2.75) is 6.42 Å². The third-order valence-corrected chi connectivity index (χ3v) is 6.46. The Hall–Kier alpha value is -2.96. The number of anilines is 1. The Morgan fingerprint density at radius 1 is 1.00 bits per heavy atom. The highest BCUT2D eigenvalue weighted by Gasteiger charge is 2.67. The van der Waals surface area contributed by atoms with Gasteiger partial charge in [-0.3, -0.25) is 24.1 Å². The second-order valence-corrected chi connectivity index (χ2v) is 7.99. The molecule has 1 aromatic rings. The Kier molecular flexibility index (Phi) is 3.86. The minimum atomic E-state index is -0.756. The molecule has 0 aromatic heterocycles. The number of carbonyl (C=O) groups is 4. The lowest BCUT2D eigenvalue weighted by atomic mass is 9.63. The fourth-order valence-electron chi connectivity index (χ4n) is 5.21. The molecule has 1 N–H and O–H groups in total. The molecule has 6 rings (SSSR count). The highest BCUT2D eigenvalue weighted by Crippen LogP contribution is 2.65. The van der Waals surface area contributed by atoms with Crippen molar-refractivity contribution < 1.29 is 23.9 Å². The van der Waals surface area contributed by atoms with Crippen LogP contribution in [0.2, 0.25) is 0 Å². The van der Waals surface area contributed by atoms with E-state index in [1.165, 1.54) is 0 Å². The lowest BCUT2D eigenvalue weighted by Crippen LogP contribution is -2.40. The van der Waals surface area contributed by atoms with E-state index in [1.54, 1.807) is 24.3 Å². The summed E-state index contributed by atoms with van der Waals surface area (Å²) < 4.78 is 4.97. The van der Waals surface area contributed by atoms with E-state index in [0.29, 0.717) is 17.5 Å². The smallest absolute Gasteiger partial charge is 0.326 e. The maximum atomic E-state index is 12.8. The summed E-state index contributed by atoms with van der Waals surface area (Å²) in [6, 6.07) is 8.81. The normalized spacial score (nSPS) is 34.1. The average Bonchev–Trinajstić information content (AvgIpc) is 3.48. The summed E-state index contributed by atoms with van der Waals surface area (Å²) in [5, 5.41) is 2.61. The SMILES string of the molecule is O=C(COC(=O)CN1C(=O)[C@@H]2[C@@H]3C=C[C@H]([C@H]4C[C@@H]34)[C@@H]2C1=O)Nc1ccccc1. The number of benzene rings is 1. The number of esters is 1. The first-order chi connectivity index (χ1) is 13.5. The van der Waals surface area contributed by atoms with Crippen molar-refractivity contribution in [3.8, 4) is 0 Å². The van der Waals surface area contributed by atoms with Gasteiger partial charge >= 0.3 is 5.97 Å².